The predicted octanol–water partition coefficient (Wildman–Crippen LogP) is -0.642. The lowest BCUT2D eigenvalue weighted by molar-refractivity contribution is -0.117. The number of Topliss-reactive ketones (excluding diaryl/α,β-unsaturated/α-hetero) is 1. The van der Waals surface area contributed by atoms with Crippen molar-refractivity contribution in [2.24, 2.45) is 0 Å². The van der Waals surface area contributed by atoms with Crippen molar-refractivity contribution in [2.75, 3.05) is 11.9 Å². The van der Waals surface area contributed by atoms with Crippen LogP contribution in [0.15, 0.2) is 27.4 Å². The van der Waals surface area contributed by atoms with Crippen LogP contribution in [0.5, 0.6) is 0 Å². The molecule has 0 unspecified atom stereocenters. The van der Waals surface area contributed by atoms with E-state index in [-0.39, 0.29) is 28.2 Å². The Morgan fingerprint density at radius 3 is 2.48 bits per heavy atom. The Bertz CT molecular complexity index is 906. The third-order valence-corrected chi connectivity index (χ3v) is 4.27. The molecule has 0 amide bonds. The number of carbonyl (C=O) groups excluding carboxylic acids is 2. The van der Waals surface area contributed by atoms with Crippen LogP contribution in [-0.2, 0) is 4.79 Å². The number of nitrogens with one attached hydrogen (secondary N) is 1. The molecule has 9 heteroatoms. The number of fused-ring (bicyclic) bond motifs is 1. The van der Waals surface area contributed by atoms with Crippen molar-refractivity contribution in [1.82, 2.24) is 0 Å². The highest BCUT2D eigenvalue weighted by Crippen LogP contribution is 2.24. The quantitative estimate of drug-likeness (QED) is 0.228. The molecule has 0 fully saturated rings. The highest BCUT2D eigenvalue weighted by atomic mass is 16.4. The molecule has 27 heavy (non-hydrogen) atoms. The van der Waals surface area contributed by atoms with Crippen LogP contribution in [-0.4, -0.2) is 63.5 Å². The van der Waals surface area contributed by atoms with Gasteiger partial charge in [-0.05, 0) is 26.0 Å². The maximum absolute atomic E-state index is 11.9. The smallest absolute Gasteiger partial charge is 0.339 e. The van der Waals surface area contributed by atoms with E-state index >= 15 is 0 Å². The number of hydrogen-bond acceptors (Lipinski definition) is 9. The molecule has 0 bridgehead atoms. The van der Waals surface area contributed by atoms with Gasteiger partial charge < -0.3 is 35.0 Å². The molecule has 5 N–H and O–H groups in total. The molecular formula is C18H21NO8. The molecular weight excluding hydrogens is 358 g/mol. The van der Waals surface area contributed by atoms with Crippen molar-refractivity contribution < 1.29 is 34.4 Å². The summed E-state index contributed by atoms with van der Waals surface area (Å²) in [6.07, 6.45) is -4.77. The Kier molecular flexibility index (Phi) is 6.45. The second kappa shape index (κ2) is 8.40. The highest BCUT2D eigenvalue weighted by Gasteiger charge is 2.31. The van der Waals surface area contributed by atoms with Gasteiger partial charge >= 0.3 is 5.63 Å². The van der Waals surface area contributed by atoms with E-state index in [4.69, 9.17) is 9.52 Å². The average molecular weight is 379 g/mol. The van der Waals surface area contributed by atoms with Crippen LogP contribution in [0.25, 0.3) is 11.0 Å². The van der Waals surface area contributed by atoms with Gasteiger partial charge in [0, 0.05) is 28.3 Å². The van der Waals surface area contributed by atoms with Gasteiger partial charge in [0.15, 0.2) is 5.78 Å². The van der Waals surface area contributed by atoms with Gasteiger partial charge in [0.25, 0.3) is 0 Å². The van der Waals surface area contributed by atoms with Crippen LogP contribution in [0.3, 0.4) is 0 Å². The number of aliphatic hydroxyl groups is 4. The number of aliphatic hydroxyl groups excluding tert-OH is 4. The second-order valence-electron chi connectivity index (χ2n) is 6.19. The molecule has 0 radical (unpaired) electrons. The lowest BCUT2D eigenvalue weighted by Crippen LogP contribution is -2.49. The van der Waals surface area contributed by atoms with Crippen molar-refractivity contribution in [3.05, 3.63) is 39.7 Å². The first kappa shape index (κ1) is 20.7. The molecule has 1 heterocycles. The number of benzene rings is 1. The molecule has 1 aromatic carbocycles. The van der Waals surface area contributed by atoms with Crippen molar-refractivity contribution in [2.45, 2.75) is 38.2 Å². The number of carbonyl (C=O) groups is 2. The molecule has 146 valence electrons. The van der Waals surface area contributed by atoms with Gasteiger partial charge in [-0.25, -0.2) is 4.79 Å². The molecule has 9 nitrogen and oxygen atoms in total. The van der Waals surface area contributed by atoms with E-state index in [1.165, 1.54) is 32.0 Å². The third-order valence-electron chi connectivity index (χ3n) is 4.27. The Morgan fingerprint density at radius 2 is 1.93 bits per heavy atom. The van der Waals surface area contributed by atoms with E-state index in [1.807, 2.05) is 0 Å². The van der Waals surface area contributed by atoms with Crippen molar-refractivity contribution in [3.63, 3.8) is 0 Å². The van der Waals surface area contributed by atoms with E-state index in [2.05, 4.69) is 5.32 Å². The molecule has 2 rings (SSSR count). The summed E-state index contributed by atoms with van der Waals surface area (Å²) in [7, 11) is 0. The summed E-state index contributed by atoms with van der Waals surface area (Å²) in [6, 6.07) is 3.09. The largest absolute Gasteiger partial charge is 0.422 e. The van der Waals surface area contributed by atoms with Crippen LogP contribution in [0.1, 0.15) is 22.8 Å². The van der Waals surface area contributed by atoms with Crippen molar-refractivity contribution >= 4 is 28.7 Å². The molecule has 1 aromatic heterocycles. The summed E-state index contributed by atoms with van der Waals surface area (Å²) in [5.74, 6) is -0.298. The first-order valence-electron chi connectivity index (χ1n) is 8.16. The van der Waals surface area contributed by atoms with E-state index < -0.39 is 36.6 Å². The van der Waals surface area contributed by atoms with E-state index in [0.29, 0.717) is 11.7 Å². The van der Waals surface area contributed by atoms with Crippen LogP contribution < -0.4 is 10.9 Å². The van der Waals surface area contributed by atoms with Crippen LogP contribution in [0.4, 0.5) is 5.69 Å². The Morgan fingerprint density at radius 1 is 1.26 bits per heavy atom. The molecule has 2 aromatic rings. The summed E-state index contributed by atoms with van der Waals surface area (Å²) in [4.78, 5) is 35.1. The third kappa shape index (κ3) is 4.22. The van der Waals surface area contributed by atoms with Gasteiger partial charge in [-0.1, -0.05) is 0 Å². The van der Waals surface area contributed by atoms with Gasteiger partial charge in [0.05, 0.1) is 6.61 Å². The zero-order valence-electron chi connectivity index (χ0n) is 14.7. The lowest BCUT2D eigenvalue weighted by Gasteiger charge is -2.26. The Labute approximate surface area is 153 Å². The van der Waals surface area contributed by atoms with E-state index in [1.54, 1.807) is 0 Å². The number of aldehydes is 1. The molecule has 0 aliphatic heterocycles. The minimum Gasteiger partial charge on any atom is -0.422 e. The van der Waals surface area contributed by atoms with E-state index in [9.17, 15) is 29.7 Å². The highest BCUT2D eigenvalue weighted by molar-refractivity contribution is 6.07. The molecule has 0 aliphatic rings. The lowest BCUT2D eigenvalue weighted by atomic mass is 10.0. The molecule has 0 saturated heterocycles. The average Bonchev–Trinajstić information content (AvgIpc) is 2.64. The van der Waals surface area contributed by atoms with Crippen molar-refractivity contribution in [1.29, 1.82) is 0 Å². The van der Waals surface area contributed by atoms with Crippen molar-refractivity contribution in [3.8, 4) is 0 Å². The van der Waals surface area contributed by atoms with Crippen LogP contribution >= 0.6 is 0 Å². The second-order valence-corrected chi connectivity index (χ2v) is 6.19. The Hall–Kier alpha value is -2.59. The normalized spacial score (nSPS) is 15.8. The minimum absolute atomic E-state index is 0.107. The zero-order valence-corrected chi connectivity index (χ0v) is 14.7. The first-order valence-corrected chi connectivity index (χ1v) is 8.16. The molecule has 0 saturated carbocycles. The summed E-state index contributed by atoms with van der Waals surface area (Å²) >= 11 is 0. The molecule has 0 spiro atoms. The fraction of sp³-hybridized carbons (Fsp3) is 0.389. The van der Waals surface area contributed by atoms with Gasteiger partial charge in [0.1, 0.15) is 36.2 Å². The predicted molar refractivity (Wildman–Crippen MR) is 95.8 cm³/mol. The fourth-order valence-electron chi connectivity index (χ4n) is 2.78. The summed E-state index contributed by atoms with van der Waals surface area (Å²) < 4.78 is 5.18. The minimum atomic E-state index is -1.76. The number of rotatable bonds is 8. The summed E-state index contributed by atoms with van der Waals surface area (Å²) in [5, 5.41) is 41.1. The fourth-order valence-corrected chi connectivity index (χ4v) is 2.78. The number of anilines is 1. The number of hydrogen-bond donors (Lipinski definition) is 5. The molecule has 0 aliphatic carbocycles. The SMILES string of the molecule is CC(=O)c1c(C)c(=O)oc2cc(N[C@@H](C=O)[C@@H](O)[C@H](O)[C@H](O)CO)ccc12. The van der Waals surface area contributed by atoms with Gasteiger partial charge in [0.2, 0.25) is 0 Å². The van der Waals surface area contributed by atoms with E-state index in [0.717, 1.165) is 0 Å². The van der Waals surface area contributed by atoms with Gasteiger partial charge in [-0.15, -0.1) is 0 Å². The first-order chi connectivity index (χ1) is 12.7. The number of ketones is 1. The zero-order chi connectivity index (χ0) is 20.3. The maximum atomic E-state index is 11.9. The topological polar surface area (TPSA) is 157 Å². The summed E-state index contributed by atoms with van der Waals surface area (Å²) in [5.41, 5.74) is 0.138. The maximum Gasteiger partial charge on any atom is 0.339 e. The van der Waals surface area contributed by atoms with Crippen LogP contribution in [0.2, 0.25) is 0 Å². The van der Waals surface area contributed by atoms with Gasteiger partial charge in [-0.3, -0.25) is 4.79 Å². The summed E-state index contributed by atoms with van der Waals surface area (Å²) in [6.45, 7) is 2.03. The molecule has 4 atom stereocenters. The standard InChI is InChI=1S/C18H21NO8/c1-8-15(9(2)22)11-4-3-10(5-14(11)27-18(8)26)19-12(6-20)16(24)17(25)13(23)7-21/h3-6,12-13,16-17,19,21,23-25H,7H2,1-2H3/t12-,13+,16+,17+/m0/s1. The van der Waals surface area contributed by atoms with Crippen LogP contribution in [0, 0.1) is 6.92 Å². The monoisotopic (exact) mass is 379 g/mol. The Balaban J connectivity index is 2.39. The van der Waals surface area contributed by atoms with Gasteiger partial charge in [-0.2, -0.15) is 0 Å².